The van der Waals surface area contributed by atoms with Crippen LogP contribution >= 0.6 is 13.2 Å². The van der Waals surface area contributed by atoms with E-state index in [0.29, 0.717) is 5.82 Å². The Labute approximate surface area is 403 Å². The lowest BCUT2D eigenvalue weighted by molar-refractivity contribution is 0.592. The molecule has 0 amide bonds. The van der Waals surface area contributed by atoms with Gasteiger partial charge in [-0.1, -0.05) is 188 Å². The minimum absolute atomic E-state index is 0.597. The molecule has 69 heavy (non-hydrogen) atoms. The Balaban J connectivity index is 0.959. The van der Waals surface area contributed by atoms with Gasteiger partial charge >= 0.3 is 0 Å². The summed E-state index contributed by atoms with van der Waals surface area (Å²) in [6, 6.07) is 74.0. The number of imidazole rings is 1. The van der Waals surface area contributed by atoms with Crippen molar-refractivity contribution < 1.29 is 4.57 Å². The van der Waals surface area contributed by atoms with E-state index in [1.54, 1.807) is 0 Å². The summed E-state index contributed by atoms with van der Waals surface area (Å²) in [5, 5.41) is 12.1. The van der Waals surface area contributed by atoms with Crippen molar-refractivity contribution >= 4 is 117 Å². The molecular formula is C60H39N5OP2S. The van der Waals surface area contributed by atoms with E-state index in [9.17, 15) is 0 Å². The Morgan fingerprint density at radius 2 is 1.00 bits per heavy atom. The zero-order valence-electron chi connectivity index (χ0n) is 37.0. The molecule has 0 aliphatic carbocycles. The highest BCUT2D eigenvalue weighted by atomic mass is 32.4. The van der Waals surface area contributed by atoms with Crippen molar-refractivity contribution in [1.29, 1.82) is 0 Å². The monoisotopic (exact) mass is 939 g/mol. The average molecular weight is 940 g/mol. The first kappa shape index (κ1) is 41.3. The summed E-state index contributed by atoms with van der Waals surface area (Å²) in [7, 11) is -3.18. The Morgan fingerprint density at radius 1 is 0.406 bits per heavy atom. The van der Waals surface area contributed by atoms with Crippen LogP contribution in [-0.2, 0) is 16.4 Å². The van der Waals surface area contributed by atoms with Crippen molar-refractivity contribution in [3.05, 3.63) is 237 Å². The molecule has 13 rings (SSSR count). The summed E-state index contributed by atoms with van der Waals surface area (Å²) in [5.41, 5.74) is 7.19. The first-order valence-electron chi connectivity index (χ1n) is 22.8. The van der Waals surface area contributed by atoms with E-state index < -0.39 is 13.2 Å². The van der Waals surface area contributed by atoms with Crippen molar-refractivity contribution in [1.82, 2.24) is 24.3 Å². The maximum atomic E-state index is 15.2. The topological polar surface area (TPSA) is 73.0 Å². The molecule has 326 valence electrons. The second-order valence-electron chi connectivity index (χ2n) is 17.3. The smallest absolute Gasteiger partial charge is 0.171 e. The highest BCUT2D eigenvalue weighted by Gasteiger charge is 2.30. The quantitative estimate of drug-likeness (QED) is 0.112. The lowest BCUT2D eigenvalue weighted by Crippen LogP contribution is -2.25. The van der Waals surface area contributed by atoms with Crippen molar-refractivity contribution in [3.63, 3.8) is 0 Å². The molecule has 0 saturated carbocycles. The lowest BCUT2D eigenvalue weighted by Gasteiger charge is -2.23. The van der Waals surface area contributed by atoms with E-state index in [-0.39, 0.29) is 0 Å². The average Bonchev–Trinajstić information content (AvgIpc) is 3.82. The minimum atomic E-state index is -3.18. The number of hydrogen-bond donors (Lipinski definition) is 0. The van der Waals surface area contributed by atoms with Gasteiger partial charge in [-0.25, -0.2) is 15.0 Å². The largest absolute Gasteiger partial charge is 0.309 e. The van der Waals surface area contributed by atoms with E-state index in [4.69, 9.17) is 31.7 Å². The summed E-state index contributed by atoms with van der Waals surface area (Å²) in [4.78, 5) is 20.6. The van der Waals surface area contributed by atoms with Crippen LogP contribution in [0.1, 0.15) is 0 Å². The number of hydrogen-bond acceptors (Lipinski definition) is 6. The van der Waals surface area contributed by atoms with Crippen molar-refractivity contribution in [3.8, 4) is 22.6 Å². The van der Waals surface area contributed by atoms with Crippen LogP contribution in [0.25, 0.3) is 82.7 Å². The summed E-state index contributed by atoms with van der Waals surface area (Å²) >= 11 is 6.64. The van der Waals surface area contributed by atoms with Crippen LogP contribution in [0.15, 0.2) is 237 Å². The molecule has 0 spiro atoms. The third-order valence-electron chi connectivity index (χ3n) is 13.4. The summed E-state index contributed by atoms with van der Waals surface area (Å²) in [6.45, 7) is 0. The van der Waals surface area contributed by atoms with Crippen LogP contribution < -0.4 is 31.8 Å². The zero-order valence-corrected chi connectivity index (χ0v) is 39.6. The van der Waals surface area contributed by atoms with Gasteiger partial charge in [-0.15, -0.1) is 0 Å². The maximum absolute atomic E-state index is 15.2. The van der Waals surface area contributed by atoms with Gasteiger partial charge < -0.3 is 4.57 Å². The van der Waals surface area contributed by atoms with Gasteiger partial charge in [0.15, 0.2) is 13.0 Å². The molecule has 0 radical (unpaired) electrons. The summed E-state index contributed by atoms with van der Waals surface area (Å²) in [5.74, 6) is 0.597. The van der Waals surface area contributed by atoms with Gasteiger partial charge in [0.05, 0.1) is 27.8 Å². The molecule has 0 N–H and O–H groups in total. The van der Waals surface area contributed by atoms with Gasteiger partial charge in [0.25, 0.3) is 0 Å². The molecule has 0 aliphatic heterocycles. The van der Waals surface area contributed by atoms with Gasteiger partial charge in [0.1, 0.15) is 5.65 Å². The number of aromatic nitrogens is 5. The fourth-order valence-electron chi connectivity index (χ4n) is 10.0. The molecule has 0 fully saturated rings. The minimum Gasteiger partial charge on any atom is -0.309 e. The van der Waals surface area contributed by atoms with E-state index >= 15 is 4.57 Å². The molecule has 0 saturated heterocycles. The third kappa shape index (κ3) is 6.69. The number of fused-ring (bicyclic) bond motifs is 11. The molecule has 9 aromatic carbocycles. The predicted octanol–water partition coefficient (Wildman–Crippen LogP) is 12.0. The molecule has 0 bridgehead atoms. The highest BCUT2D eigenvalue weighted by Crippen LogP contribution is 2.45. The first-order valence-corrected chi connectivity index (χ1v) is 27.3. The van der Waals surface area contributed by atoms with Crippen LogP contribution in [0.5, 0.6) is 0 Å². The predicted molar refractivity (Wildman–Crippen MR) is 292 cm³/mol. The fourth-order valence-corrected chi connectivity index (χ4v) is 16.3. The molecule has 0 atom stereocenters. The van der Waals surface area contributed by atoms with Crippen LogP contribution in [-0.4, -0.2) is 24.3 Å². The standard InChI is InChI=1S/C60H39N5OP2S/c66-67(44-16-5-1-6-17-44,45-18-7-2-8-19-45)48-28-34-54-43(35-48)38-62-59(63-54)42-26-30-51-52-31-25-40-15-13-14-24-50(40)58(52)60-64-55-32-27-41(36-57(55)65(60)56(51)37-42)53-33-29-49(39-61-53)68(69,46-20-9-3-10-21-46)47-22-11-4-12-23-47/h1-39H. The van der Waals surface area contributed by atoms with Crippen molar-refractivity contribution in [2.45, 2.75) is 0 Å². The fraction of sp³-hybridized carbons (Fsp3) is 0. The van der Waals surface area contributed by atoms with E-state index in [2.05, 4.69) is 138 Å². The van der Waals surface area contributed by atoms with Crippen LogP contribution in [0.3, 0.4) is 0 Å². The number of rotatable bonds is 8. The number of pyridine rings is 2. The Hall–Kier alpha value is -7.92. The second-order valence-corrected chi connectivity index (χ2v) is 24.5. The van der Waals surface area contributed by atoms with Crippen LogP contribution in [0.2, 0.25) is 0 Å². The van der Waals surface area contributed by atoms with Gasteiger partial charge in [0, 0.05) is 66.9 Å². The van der Waals surface area contributed by atoms with E-state index in [0.717, 1.165) is 109 Å². The maximum Gasteiger partial charge on any atom is 0.171 e. The van der Waals surface area contributed by atoms with Gasteiger partial charge in [-0.3, -0.25) is 9.38 Å². The lowest BCUT2D eigenvalue weighted by atomic mass is 9.98. The first-order chi connectivity index (χ1) is 33.9. The molecular weight excluding hydrogens is 901 g/mol. The Morgan fingerprint density at radius 3 is 1.68 bits per heavy atom. The molecule has 4 heterocycles. The highest BCUT2D eigenvalue weighted by molar-refractivity contribution is 8.25. The van der Waals surface area contributed by atoms with E-state index in [1.807, 2.05) is 103 Å². The normalized spacial score (nSPS) is 12.2. The zero-order chi connectivity index (χ0) is 46.1. The van der Waals surface area contributed by atoms with Gasteiger partial charge in [-0.2, -0.15) is 0 Å². The van der Waals surface area contributed by atoms with Gasteiger partial charge in [0.2, 0.25) is 0 Å². The molecule has 6 nitrogen and oxygen atoms in total. The molecule has 0 unspecified atom stereocenters. The molecule has 4 aromatic heterocycles. The van der Waals surface area contributed by atoms with Crippen molar-refractivity contribution in [2.75, 3.05) is 0 Å². The number of nitrogens with zero attached hydrogens (tertiary/aromatic N) is 5. The summed E-state index contributed by atoms with van der Waals surface area (Å²) < 4.78 is 17.5. The third-order valence-corrected chi connectivity index (χ3v) is 21.4. The molecule has 9 heteroatoms. The van der Waals surface area contributed by atoms with Gasteiger partial charge in [-0.05, 0) is 75.3 Å². The Bertz CT molecular complexity index is 4160. The SMILES string of the molecule is O=P(c1ccccc1)(c1ccccc1)c1ccc2nc(-c3ccc4c5ccc6ccccc6c5c5nc6ccc(-c7ccc(P(=S)(c8ccccc8)c8ccccc8)cn7)cc6n5c4c3)ncc2c1. The Kier molecular flexibility index (Phi) is 9.81. The van der Waals surface area contributed by atoms with Crippen LogP contribution in [0.4, 0.5) is 0 Å². The summed E-state index contributed by atoms with van der Waals surface area (Å²) in [6.07, 6.45) is 3.83. The van der Waals surface area contributed by atoms with Crippen LogP contribution in [0, 0.1) is 0 Å². The number of benzene rings is 9. The van der Waals surface area contributed by atoms with E-state index in [1.165, 1.54) is 0 Å². The van der Waals surface area contributed by atoms with Crippen molar-refractivity contribution in [2.24, 2.45) is 0 Å². The second kappa shape index (κ2) is 16.4. The molecule has 13 aromatic rings. The molecule has 0 aliphatic rings.